The van der Waals surface area contributed by atoms with E-state index in [9.17, 15) is 0 Å². The molecule has 1 aromatic rings. The molecule has 2 N–H and O–H groups in total. The van der Waals surface area contributed by atoms with Crippen LogP contribution in [0.15, 0.2) is 10.9 Å². The third-order valence-electron chi connectivity index (χ3n) is 2.43. The Balaban J connectivity index is 2.49. The highest BCUT2D eigenvalue weighted by Gasteiger charge is 2.14. The molecule has 0 aliphatic carbocycles. The molecule has 0 spiro atoms. The monoisotopic (exact) mass is 243 g/mol. The van der Waals surface area contributed by atoms with Crippen molar-refractivity contribution in [3.63, 3.8) is 0 Å². The van der Waals surface area contributed by atoms with E-state index in [-0.39, 0.29) is 0 Å². The van der Waals surface area contributed by atoms with Crippen LogP contribution in [-0.2, 0) is 6.54 Å². The van der Waals surface area contributed by atoms with Crippen LogP contribution in [0.1, 0.15) is 25.5 Å². The second-order valence-electron chi connectivity index (χ2n) is 3.63. The summed E-state index contributed by atoms with van der Waals surface area (Å²) in [4.78, 5) is 7.11. The molecule has 1 rings (SSSR count). The van der Waals surface area contributed by atoms with Crippen molar-refractivity contribution in [1.29, 1.82) is 0 Å². The lowest BCUT2D eigenvalue weighted by Crippen LogP contribution is -2.34. The van der Waals surface area contributed by atoms with Crippen LogP contribution in [0.5, 0.6) is 0 Å². The lowest BCUT2D eigenvalue weighted by molar-refractivity contribution is 0.231. The van der Waals surface area contributed by atoms with Crippen molar-refractivity contribution in [3.8, 4) is 0 Å². The van der Waals surface area contributed by atoms with E-state index in [2.05, 4.69) is 29.2 Å². The molecule has 1 heterocycles. The first-order chi connectivity index (χ1) is 7.13. The molecule has 0 aromatic carbocycles. The highest BCUT2D eigenvalue weighted by molar-refractivity contribution is 7.80. The molecule has 3 nitrogen and oxygen atoms in total. The predicted molar refractivity (Wildman–Crippen MR) is 69.1 cm³/mol. The molecule has 15 heavy (non-hydrogen) atoms. The summed E-state index contributed by atoms with van der Waals surface area (Å²) < 4.78 is 0. The zero-order valence-corrected chi connectivity index (χ0v) is 10.8. The second kappa shape index (κ2) is 6.15. The van der Waals surface area contributed by atoms with Crippen molar-refractivity contribution in [2.75, 3.05) is 7.05 Å². The molecule has 0 bridgehead atoms. The van der Waals surface area contributed by atoms with Crippen molar-refractivity contribution in [1.82, 2.24) is 9.88 Å². The number of nitrogens with zero attached hydrogens (tertiary/aromatic N) is 2. The SMILES string of the molecule is CCC(CC(N)=S)N(C)Cc1cscn1. The topological polar surface area (TPSA) is 42.1 Å². The van der Waals surface area contributed by atoms with Crippen LogP contribution in [0.4, 0.5) is 0 Å². The van der Waals surface area contributed by atoms with Gasteiger partial charge in [-0.15, -0.1) is 11.3 Å². The van der Waals surface area contributed by atoms with Crippen LogP contribution in [0.25, 0.3) is 0 Å². The minimum atomic E-state index is 0.421. The minimum Gasteiger partial charge on any atom is -0.393 e. The van der Waals surface area contributed by atoms with Gasteiger partial charge in [0.1, 0.15) is 0 Å². The summed E-state index contributed by atoms with van der Waals surface area (Å²) in [5.74, 6) is 0. The summed E-state index contributed by atoms with van der Waals surface area (Å²) in [6.07, 6.45) is 1.84. The molecule has 0 fully saturated rings. The van der Waals surface area contributed by atoms with Gasteiger partial charge in [-0.3, -0.25) is 4.90 Å². The van der Waals surface area contributed by atoms with E-state index in [4.69, 9.17) is 18.0 Å². The molecule has 0 saturated heterocycles. The molecule has 0 saturated carbocycles. The second-order valence-corrected chi connectivity index (χ2v) is 4.87. The Morgan fingerprint density at radius 2 is 2.47 bits per heavy atom. The molecule has 1 aromatic heterocycles. The van der Waals surface area contributed by atoms with Crippen molar-refractivity contribution in [2.45, 2.75) is 32.4 Å². The van der Waals surface area contributed by atoms with Gasteiger partial charge in [0.25, 0.3) is 0 Å². The first kappa shape index (κ1) is 12.5. The maximum Gasteiger partial charge on any atom is 0.0795 e. The Kier molecular flexibility index (Phi) is 5.14. The fourth-order valence-electron chi connectivity index (χ4n) is 1.54. The summed E-state index contributed by atoms with van der Waals surface area (Å²) in [7, 11) is 2.09. The standard InChI is InChI=1S/C10H17N3S2/c1-3-9(4-10(11)14)13(2)5-8-6-15-7-12-8/h6-7,9H,3-5H2,1-2H3,(H2,11,14). The van der Waals surface area contributed by atoms with Gasteiger partial charge in [0.15, 0.2) is 0 Å². The number of nitrogens with two attached hydrogens (primary N) is 1. The van der Waals surface area contributed by atoms with Crippen LogP contribution >= 0.6 is 23.6 Å². The molecule has 0 aliphatic rings. The highest BCUT2D eigenvalue weighted by Crippen LogP contribution is 2.11. The Bertz CT molecular complexity index is 298. The largest absolute Gasteiger partial charge is 0.393 e. The van der Waals surface area contributed by atoms with Crippen LogP contribution in [-0.4, -0.2) is 28.0 Å². The number of hydrogen-bond acceptors (Lipinski definition) is 4. The first-order valence-electron chi connectivity index (χ1n) is 4.99. The van der Waals surface area contributed by atoms with E-state index in [0.29, 0.717) is 11.0 Å². The van der Waals surface area contributed by atoms with Gasteiger partial charge in [0, 0.05) is 24.4 Å². The molecule has 0 aliphatic heterocycles. The van der Waals surface area contributed by atoms with Gasteiger partial charge in [-0.05, 0) is 13.5 Å². The van der Waals surface area contributed by atoms with Crippen molar-refractivity contribution in [3.05, 3.63) is 16.6 Å². The molecule has 0 radical (unpaired) electrons. The normalized spacial score (nSPS) is 13.0. The number of aromatic nitrogens is 1. The Hall–Kier alpha value is -0.520. The van der Waals surface area contributed by atoms with E-state index in [0.717, 1.165) is 25.1 Å². The van der Waals surface area contributed by atoms with Gasteiger partial charge < -0.3 is 5.73 Å². The van der Waals surface area contributed by atoms with Crippen molar-refractivity contribution < 1.29 is 0 Å². The Labute approximate surface area is 100 Å². The molecule has 5 heteroatoms. The number of thiocarbonyl (C=S) groups is 1. The lowest BCUT2D eigenvalue weighted by atomic mass is 10.1. The quantitative estimate of drug-likeness (QED) is 0.776. The maximum absolute atomic E-state index is 5.57. The molecular formula is C10H17N3S2. The average Bonchev–Trinajstić information content (AvgIpc) is 2.66. The van der Waals surface area contributed by atoms with Gasteiger partial charge >= 0.3 is 0 Å². The third kappa shape index (κ3) is 4.24. The van der Waals surface area contributed by atoms with Gasteiger partial charge in [0.05, 0.1) is 16.2 Å². The molecular weight excluding hydrogens is 226 g/mol. The zero-order valence-electron chi connectivity index (χ0n) is 9.14. The molecule has 0 amide bonds. The lowest BCUT2D eigenvalue weighted by Gasteiger charge is -2.25. The number of hydrogen-bond donors (Lipinski definition) is 1. The predicted octanol–water partition coefficient (Wildman–Crippen LogP) is 2.03. The summed E-state index contributed by atoms with van der Waals surface area (Å²) in [5.41, 5.74) is 8.54. The minimum absolute atomic E-state index is 0.421. The molecule has 84 valence electrons. The summed E-state index contributed by atoms with van der Waals surface area (Å²) in [6, 6.07) is 0.421. The summed E-state index contributed by atoms with van der Waals surface area (Å²) in [6.45, 7) is 3.02. The van der Waals surface area contributed by atoms with Crippen molar-refractivity contribution >= 4 is 28.5 Å². The van der Waals surface area contributed by atoms with E-state index in [1.807, 2.05) is 5.51 Å². The Morgan fingerprint density at radius 3 is 2.93 bits per heavy atom. The zero-order chi connectivity index (χ0) is 11.3. The summed E-state index contributed by atoms with van der Waals surface area (Å²) >= 11 is 6.57. The maximum atomic E-state index is 5.57. The Morgan fingerprint density at radius 1 is 1.73 bits per heavy atom. The third-order valence-corrected chi connectivity index (χ3v) is 3.23. The fourth-order valence-corrected chi connectivity index (χ4v) is 2.29. The molecule has 1 atom stereocenters. The van der Waals surface area contributed by atoms with Crippen LogP contribution < -0.4 is 5.73 Å². The fraction of sp³-hybridized carbons (Fsp3) is 0.600. The van der Waals surface area contributed by atoms with Gasteiger partial charge in [-0.1, -0.05) is 19.1 Å². The number of rotatable bonds is 6. The van der Waals surface area contributed by atoms with Crippen LogP contribution in [0.2, 0.25) is 0 Å². The smallest absolute Gasteiger partial charge is 0.0795 e. The molecule has 1 unspecified atom stereocenters. The van der Waals surface area contributed by atoms with Gasteiger partial charge in [-0.25, -0.2) is 4.98 Å². The van der Waals surface area contributed by atoms with Crippen molar-refractivity contribution in [2.24, 2.45) is 5.73 Å². The van der Waals surface area contributed by atoms with Crippen LogP contribution in [0, 0.1) is 0 Å². The summed E-state index contributed by atoms with van der Waals surface area (Å²) in [5, 5.41) is 2.07. The van der Waals surface area contributed by atoms with E-state index in [1.54, 1.807) is 11.3 Å². The van der Waals surface area contributed by atoms with Gasteiger partial charge in [0.2, 0.25) is 0 Å². The highest BCUT2D eigenvalue weighted by atomic mass is 32.1. The van der Waals surface area contributed by atoms with E-state index >= 15 is 0 Å². The average molecular weight is 243 g/mol. The van der Waals surface area contributed by atoms with Gasteiger partial charge in [-0.2, -0.15) is 0 Å². The van der Waals surface area contributed by atoms with E-state index in [1.165, 1.54) is 0 Å². The first-order valence-corrected chi connectivity index (χ1v) is 6.34. The number of thiazole rings is 1. The van der Waals surface area contributed by atoms with E-state index < -0.39 is 0 Å². The van der Waals surface area contributed by atoms with Crippen LogP contribution in [0.3, 0.4) is 0 Å².